The van der Waals surface area contributed by atoms with Crippen LogP contribution in [0.1, 0.15) is 19.4 Å². The molecule has 1 aromatic heterocycles. The van der Waals surface area contributed by atoms with Gasteiger partial charge in [-0.1, -0.05) is 19.1 Å². The van der Waals surface area contributed by atoms with Gasteiger partial charge in [-0.05, 0) is 55.3 Å². The predicted octanol–water partition coefficient (Wildman–Crippen LogP) is 4.21. The number of hydrogen-bond acceptors (Lipinski definition) is 4. The van der Waals surface area contributed by atoms with E-state index >= 15 is 0 Å². The van der Waals surface area contributed by atoms with Crippen LogP contribution in [0.15, 0.2) is 54.7 Å². The summed E-state index contributed by atoms with van der Waals surface area (Å²) in [5, 5.41) is 3.74. The van der Waals surface area contributed by atoms with Crippen LogP contribution in [0.25, 0.3) is 10.9 Å². The highest BCUT2D eigenvalue weighted by atomic mass is 16.5. The number of nitrogens with one attached hydrogen (secondary N) is 1. The minimum absolute atomic E-state index is 0.222. The van der Waals surface area contributed by atoms with Crippen molar-refractivity contribution in [2.75, 3.05) is 12.4 Å². The summed E-state index contributed by atoms with van der Waals surface area (Å²) < 4.78 is 11.1. The number of fused-ring (bicyclic) bond motifs is 1. The summed E-state index contributed by atoms with van der Waals surface area (Å²) in [5.41, 5.74) is 2.61. The number of methoxy groups -OCH3 is 1. The molecule has 0 saturated carbocycles. The second-order valence-electron chi connectivity index (χ2n) is 5.96. The fourth-order valence-corrected chi connectivity index (χ4v) is 2.72. The van der Waals surface area contributed by atoms with Gasteiger partial charge in [-0.2, -0.15) is 0 Å². The molecule has 0 fully saturated rings. The van der Waals surface area contributed by atoms with E-state index in [9.17, 15) is 4.79 Å². The van der Waals surface area contributed by atoms with Gasteiger partial charge < -0.3 is 14.8 Å². The Balaban J connectivity index is 1.75. The number of ether oxygens (including phenoxy) is 2. The Kier molecular flexibility index (Phi) is 5.37. The first-order valence-corrected chi connectivity index (χ1v) is 8.60. The summed E-state index contributed by atoms with van der Waals surface area (Å²) in [5.74, 6) is 1.12. The molecule has 1 N–H and O–H groups in total. The lowest BCUT2D eigenvalue weighted by Crippen LogP contribution is -2.30. The zero-order valence-electron chi connectivity index (χ0n) is 15.2. The van der Waals surface area contributed by atoms with Gasteiger partial charge in [0, 0.05) is 11.6 Å². The maximum atomic E-state index is 12.6. The van der Waals surface area contributed by atoms with Crippen LogP contribution in [0.2, 0.25) is 0 Å². The van der Waals surface area contributed by atoms with E-state index in [1.165, 1.54) is 5.56 Å². The zero-order chi connectivity index (χ0) is 18.5. The summed E-state index contributed by atoms with van der Waals surface area (Å²) in [6, 6.07) is 15.1. The number of hydrogen-bond donors (Lipinski definition) is 1. The molecule has 1 atom stereocenters. The first-order valence-electron chi connectivity index (χ1n) is 8.60. The van der Waals surface area contributed by atoms with Crippen molar-refractivity contribution in [1.82, 2.24) is 4.98 Å². The van der Waals surface area contributed by atoms with Gasteiger partial charge in [-0.3, -0.25) is 9.78 Å². The zero-order valence-corrected chi connectivity index (χ0v) is 15.2. The Bertz CT molecular complexity index is 907. The molecule has 0 aliphatic carbocycles. The van der Waals surface area contributed by atoms with E-state index < -0.39 is 6.10 Å². The molecule has 5 nitrogen and oxygen atoms in total. The molecule has 26 heavy (non-hydrogen) atoms. The van der Waals surface area contributed by atoms with E-state index in [2.05, 4.69) is 17.2 Å². The van der Waals surface area contributed by atoms with E-state index in [1.54, 1.807) is 26.3 Å². The molecule has 1 amide bonds. The topological polar surface area (TPSA) is 60.5 Å². The molecular formula is C21H22N2O3. The Morgan fingerprint density at radius 1 is 1.15 bits per heavy atom. The molecule has 0 aliphatic rings. The molecule has 0 saturated heterocycles. The molecule has 2 aromatic carbocycles. The number of amides is 1. The monoisotopic (exact) mass is 350 g/mol. The third-order valence-electron chi connectivity index (χ3n) is 4.22. The average molecular weight is 350 g/mol. The van der Waals surface area contributed by atoms with Crippen LogP contribution in [0.3, 0.4) is 0 Å². The Labute approximate surface area is 153 Å². The average Bonchev–Trinajstić information content (AvgIpc) is 2.68. The Hall–Kier alpha value is -3.08. The number of aryl methyl sites for hydroxylation is 1. The minimum Gasteiger partial charge on any atom is -0.494 e. The minimum atomic E-state index is -0.628. The van der Waals surface area contributed by atoms with E-state index in [0.29, 0.717) is 22.7 Å². The van der Waals surface area contributed by atoms with E-state index in [0.717, 1.165) is 11.8 Å². The number of benzene rings is 2. The van der Waals surface area contributed by atoms with Gasteiger partial charge in [0.1, 0.15) is 17.0 Å². The highest BCUT2D eigenvalue weighted by Crippen LogP contribution is 2.29. The first-order chi connectivity index (χ1) is 12.6. The third-order valence-corrected chi connectivity index (χ3v) is 4.22. The fraction of sp³-hybridized carbons (Fsp3) is 0.238. The maximum absolute atomic E-state index is 12.6. The van der Waals surface area contributed by atoms with Crippen LogP contribution >= 0.6 is 0 Å². The molecule has 3 rings (SSSR count). The van der Waals surface area contributed by atoms with Crippen LogP contribution < -0.4 is 14.8 Å². The molecular weight excluding hydrogens is 328 g/mol. The number of pyridine rings is 1. The smallest absolute Gasteiger partial charge is 0.265 e. The SMILES string of the molecule is CCc1ccc(OC(C)C(=O)Nc2ccc(OC)c3ncccc23)cc1. The van der Waals surface area contributed by atoms with Crippen molar-refractivity contribution < 1.29 is 14.3 Å². The molecule has 134 valence electrons. The Morgan fingerprint density at radius 3 is 2.62 bits per heavy atom. The molecule has 0 radical (unpaired) electrons. The molecule has 3 aromatic rings. The van der Waals surface area contributed by atoms with Crippen LogP contribution in [-0.2, 0) is 11.2 Å². The summed E-state index contributed by atoms with van der Waals surface area (Å²) in [4.78, 5) is 16.9. The number of aromatic nitrogens is 1. The lowest BCUT2D eigenvalue weighted by Gasteiger charge is -2.16. The van der Waals surface area contributed by atoms with Crippen LogP contribution in [0.5, 0.6) is 11.5 Å². The van der Waals surface area contributed by atoms with Crippen LogP contribution in [0, 0.1) is 0 Å². The normalized spacial score (nSPS) is 11.8. The highest BCUT2D eigenvalue weighted by Gasteiger charge is 2.17. The van der Waals surface area contributed by atoms with Gasteiger partial charge in [0.05, 0.1) is 12.8 Å². The number of anilines is 1. The van der Waals surface area contributed by atoms with Gasteiger partial charge in [0.25, 0.3) is 5.91 Å². The number of carbonyl (C=O) groups excluding carboxylic acids is 1. The second-order valence-corrected chi connectivity index (χ2v) is 5.96. The molecule has 1 unspecified atom stereocenters. The summed E-state index contributed by atoms with van der Waals surface area (Å²) >= 11 is 0. The van der Waals surface area contributed by atoms with Gasteiger partial charge >= 0.3 is 0 Å². The van der Waals surface area contributed by atoms with E-state index in [1.807, 2.05) is 42.5 Å². The highest BCUT2D eigenvalue weighted by molar-refractivity contribution is 6.04. The molecule has 5 heteroatoms. The summed E-state index contributed by atoms with van der Waals surface area (Å²) in [7, 11) is 1.60. The van der Waals surface area contributed by atoms with Crippen molar-refractivity contribution in [3.05, 3.63) is 60.3 Å². The third kappa shape index (κ3) is 3.77. The van der Waals surface area contributed by atoms with Crippen molar-refractivity contribution in [3.63, 3.8) is 0 Å². The number of rotatable bonds is 6. The van der Waals surface area contributed by atoms with E-state index in [-0.39, 0.29) is 5.91 Å². The lowest BCUT2D eigenvalue weighted by molar-refractivity contribution is -0.122. The van der Waals surface area contributed by atoms with Crippen molar-refractivity contribution in [2.24, 2.45) is 0 Å². The summed E-state index contributed by atoms with van der Waals surface area (Å²) in [6.45, 7) is 3.83. The van der Waals surface area contributed by atoms with Crippen LogP contribution in [0.4, 0.5) is 5.69 Å². The molecule has 1 heterocycles. The van der Waals surface area contributed by atoms with Gasteiger partial charge in [-0.15, -0.1) is 0 Å². The second kappa shape index (κ2) is 7.87. The predicted molar refractivity (Wildman–Crippen MR) is 103 cm³/mol. The summed E-state index contributed by atoms with van der Waals surface area (Å²) in [6.07, 6.45) is 2.04. The van der Waals surface area contributed by atoms with Gasteiger partial charge in [0.2, 0.25) is 0 Å². The van der Waals surface area contributed by atoms with Crippen molar-refractivity contribution >= 4 is 22.5 Å². The largest absolute Gasteiger partial charge is 0.494 e. The van der Waals surface area contributed by atoms with E-state index in [4.69, 9.17) is 9.47 Å². The number of carbonyl (C=O) groups is 1. The fourth-order valence-electron chi connectivity index (χ4n) is 2.72. The standard InChI is InChI=1S/C21H22N2O3/c1-4-15-7-9-16(10-8-15)26-14(2)21(24)23-18-11-12-19(25-3)20-17(18)6-5-13-22-20/h5-14H,4H2,1-3H3,(H,23,24). The van der Waals surface area contributed by atoms with Gasteiger partial charge in [0.15, 0.2) is 6.10 Å². The Morgan fingerprint density at radius 2 is 1.92 bits per heavy atom. The van der Waals surface area contributed by atoms with Crippen molar-refractivity contribution in [1.29, 1.82) is 0 Å². The maximum Gasteiger partial charge on any atom is 0.265 e. The number of nitrogens with zero attached hydrogens (tertiary/aromatic N) is 1. The van der Waals surface area contributed by atoms with Gasteiger partial charge in [-0.25, -0.2) is 0 Å². The molecule has 0 spiro atoms. The molecule has 0 bridgehead atoms. The quantitative estimate of drug-likeness (QED) is 0.723. The van der Waals surface area contributed by atoms with Crippen LogP contribution in [-0.4, -0.2) is 24.1 Å². The lowest BCUT2D eigenvalue weighted by atomic mass is 10.1. The first kappa shape index (κ1) is 17.7. The van der Waals surface area contributed by atoms with Crippen molar-refractivity contribution in [2.45, 2.75) is 26.4 Å². The molecule has 0 aliphatic heterocycles. The van der Waals surface area contributed by atoms with Crippen molar-refractivity contribution in [3.8, 4) is 11.5 Å².